The third-order valence-corrected chi connectivity index (χ3v) is 7.08. The number of fused-ring (bicyclic) bond motifs is 1. The summed E-state index contributed by atoms with van der Waals surface area (Å²) < 4.78 is 55.6. The van der Waals surface area contributed by atoms with E-state index in [0.717, 1.165) is 29.4 Å². The highest BCUT2D eigenvalue weighted by molar-refractivity contribution is 5.81. The van der Waals surface area contributed by atoms with Crippen molar-refractivity contribution in [1.82, 2.24) is 9.55 Å². The smallest absolute Gasteiger partial charge is 0.466 e. The minimum absolute atomic E-state index is 0.0393. The zero-order valence-electron chi connectivity index (χ0n) is 24.1. The summed E-state index contributed by atoms with van der Waals surface area (Å²) in [6.45, 7) is 14.4. The van der Waals surface area contributed by atoms with Crippen LogP contribution in [0.2, 0.25) is 0 Å². The lowest BCUT2D eigenvalue weighted by molar-refractivity contribution is -0.274. The molecule has 0 bridgehead atoms. The number of nitrogens with zero attached hydrogens (tertiary/aromatic N) is 2. The first-order valence-corrected chi connectivity index (χ1v) is 13.5. The van der Waals surface area contributed by atoms with Crippen LogP contribution in [0.25, 0.3) is 11.0 Å². The molecule has 0 unspecified atom stereocenters. The molecule has 0 atom stereocenters. The van der Waals surface area contributed by atoms with E-state index in [1.165, 1.54) is 24.3 Å². The molecule has 1 aliphatic rings. The van der Waals surface area contributed by atoms with Crippen molar-refractivity contribution < 1.29 is 32.2 Å². The van der Waals surface area contributed by atoms with Gasteiger partial charge in [0.1, 0.15) is 5.75 Å². The maximum atomic E-state index is 12.6. The van der Waals surface area contributed by atoms with Gasteiger partial charge < -0.3 is 24.1 Å². The number of nitrogens with one attached hydrogen (secondary N) is 1. The molecule has 0 spiro atoms. The Hall–Kier alpha value is -3.27. The molecule has 40 heavy (non-hydrogen) atoms. The number of hydrogen-bond acceptors (Lipinski definition) is 6. The van der Waals surface area contributed by atoms with Gasteiger partial charge in [-0.25, -0.2) is 4.98 Å². The quantitative estimate of drug-likeness (QED) is 0.283. The molecule has 0 aliphatic carbocycles. The monoisotopic (exact) mass is 561 g/mol. The Bertz CT molecular complexity index is 1350. The highest BCUT2D eigenvalue weighted by Gasteiger charge is 2.41. The third-order valence-electron chi connectivity index (χ3n) is 7.08. The van der Waals surface area contributed by atoms with Crippen molar-refractivity contribution in [3.05, 3.63) is 48.0 Å². The van der Waals surface area contributed by atoms with E-state index in [9.17, 15) is 18.0 Å². The second kappa shape index (κ2) is 10.6. The highest BCUT2D eigenvalue weighted by Crippen LogP contribution is 2.44. The fraction of sp³-hybridized carbons (Fsp3) is 0.533. The molecule has 1 aliphatic heterocycles. The van der Waals surface area contributed by atoms with Crippen LogP contribution < -0.4 is 10.1 Å². The molecule has 1 aromatic heterocycles. The van der Waals surface area contributed by atoms with Gasteiger partial charge in [-0.15, -0.1) is 13.2 Å². The van der Waals surface area contributed by atoms with E-state index in [4.69, 9.17) is 14.5 Å². The molecule has 0 saturated carbocycles. The number of carbonyl (C=O) groups excluding carboxylic acids is 1. The summed E-state index contributed by atoms with van der Waals surface area (Å²) in [7, 11) is 0. The van der Waals surface area contributed by atoms with E-state index in [-0.39, 0.29) is 35.4 Å². The molecule has 1 saturated heterocycles. The number of ether oxygens (including phenoxy) is 3. The average Bonchev–Trinajstić information content (AvgIpc) is 3.14. The van der Waals surface area contributed by atoms with Gasteiger partial charge in [0, 0.05) is 17.1 Å². The minimum atomic E-state index is -4.76. The maximum Gasteiger partial charge on any atom is 0.573 e. The van der Waals surface area contributed by atoms with Crippen molar-refractivity contribution in [3.8, 4) is 5.75 Å². The SMILES string of the molecule is CCOC(=O)CC(C)(C)c1ccc2c(c1)nc(Nc1ccc(OC(F)(F)F)cc1)n2C1CC(C)(C)OC(C)(C)C1. The Balaban J connectivity index is 1.75. The van der Waals surface area contributed by atoms with Crippen LogP contribution in [0, 0.1) is 0 Å². The number of halogens is 3. The number of alkyl halides is 3. The van der Waals surface area contributed by atoms with Gasteiger partial charge >= 0.3 is 12.3 Å². The Morgan fingerprint density at radius 1 is 1.07 bits per heavy atom. The summed E-state index contributed by atoms with van der Waals surface area (Å²) in [5.74, 6) is 0.0105. The van der Waals surface area contributed by atoms with Crippen LogP contribution in [-0.2, 0) is 19.7 Å². The standard InChI is InChI=1S/C30H38F3N3O4/c1-8-38-25(37)18-27(2,3)19-9-14-24-23(15-19)35-26(34-20-10-12-22(13-11-20)39-30(31,32)33)36(24)21-16-28(4,5)40-29(6,7)17-21/h9-15,21H,8,16-18H2,1-7H3,(H,34,35). The van der Waals surface area contributed by atoms with Gasteiger partial charge in [-0.05, 0) is 89.4 Å². The first-order valence-electron chi connectivity index (χ1n) is 13.5. The topological polar surface area (TPSA) is 74.6 Å². The van der Waals surface area contributed by atoms with Gasteiger partial charge in [-0.2, -0.15) is 0 Å². The molecule has 3 aromatic rings. The predicted molar refractivity (Wildman–Crippen MR) is 148 cm³/mol. The van der Waals surface area contributed by atoms with Gasteiger partial charge in [-0.1, -0.05) is 19.9 Å². The van der Waals surface area contributed by atoms with Crippen molar-refractivity contribution in [2.24, 2.45) is 0 Å². The second-order valence-corrected chi connectivity index (χ2v) is 12.3. The van der Waals surface area contributed by atoms with Crippen molar-refractivity contribution in [1.29, 1.82) is 0 Å². The summed E-state index contributed by atoms with van der Waals surface area (Å²) >= 11 is 0. The number of imidazole rings is 1. The van der Waals surface area contributed by atoms with Crippen LogP contribution in [0.4, 0.5) is 24.8 Å². The van der Waals surface area contributed by atoms with Crippen molar-refractivity contribution in [2.75, 3.05) is 11.9 Å². The van der Waals surface area contributed by atoms with Crippen molar-refractivity contribution in [2.45, 2.75) is 96.7 Å². The lowest BCUT2D eigenvalue weighted by atomic mass is 9.81. The number of benzene rings is 2. The Labute approximate surface area is 233 Å². The number of carbonyl (C=O) groups is 1. The van der Waals surface area contributed by atoms with Crippen molar-refractivity contribution in [3.63, 3.8) is 0 Å². The van der Waals surface area contributed by atoms with E-state index < -0.39 is 11.8 Å². The fourth-order valence-corrected chi connectivity index (χ4v) is 5.74. The third kappa shape index (κ3) is 7.08. The van der Waals surface area contributed by atoms with Gasteiger partial charge in [0.15, 0.2) is 0 Å². The molecule has 1 N–H and O–H groups in total. The molecule has 10 heteroatoms. The molecule has 2 aromatic carbocycles. The molecule has 0 amide bonds. The summed E-state index contributed by atoms with van der Waals surface area (Å²) in [5.41, 5.74) is 1.95. The van der Waals surface area contributed by atoms with Crippen molar-refractivity contribution >= 4 is 28.6 Å². The number of aromatic nitrogens is 2. The Morgan fingerprint density at radius 2 is 1.70 bits per heavy atom. The summed E-state index contributed by atoms with van der Waals surface area (Å²) in [6, 6.07) is 11.6. The Morgan fingerprint density at radius 3 is 2.27 bits per heavy atom. The molecule has 1 fully saturated rings. The largest absolute Gasteiger partial charge is 0.573 e. The zero-order chi connectivity index (χ0) is 29.5. The molecule has 2 heterocycles. The van der Waals surface area contributed by atoms with Crippen LogP contribution in [0.15, 0.2) is 42.5 Å². The highest BCUT2D eigenvalue weighted by atomic mass is 19.4. The van der Waals surface area contributed by atoms with Gasteiger partial charge in [0.25, 0.3) is 0 Å². The van der Waals surface area contributed by atoms with Gasteiger partial charge in [0.05, 0.1) is 35.3 Å². The van der Waals surface area contributed by atoms with E-state index in [0.29, 0.717) is 18.2 Å². The van der Waals surface area contributed by atoms with E-state index in [1.807, 2.05) is 32.0 Å². The van der Waals surface area contributed by atoms with Crippen LogP contribution in [0.3, 0.4) is 0 Å². The molecule has 4 rings (SSSR count). The average molecular weight is 562 g/mol. The molecule has 0 radical (unpaired) electrons. The predicted octanol–water partition coefficient (Wildman–Crippen LogP) is 7.82. The van der Waals surface area contributed by atoms with Crippen LogP contribution in [0.5, 0.6) is 5.75 Å². The summed E-state index contributed by atoms with van der Waals surface area (Å²) in [5, 5.41) is 3.31. The van der Waals surface area contributed by atoms with E-state index in [2.05, 4.69) is 42.3 Å². The second-order valence-electron chi connectivity index (χ2n) is 12.3. The number of hydrogen-bond donors (Lipinski definition) is 1. The molecular formula is C30H38F3N3O4. The lowest BCUT2D eigenvalue weighted by Crippen LogP contribution is -2.45. The zero-order valence-corrected chi connectivity index (χ0v) is 24.1. The van der Waals surface area contributed by atoms with Gasteiger partial charge in [0.2, 0.25) is 5.95 Å². The minimum Gasteiger partial charge on any atom is -0.466 e. The lowest BCUT2D eigenvalue weighted by Gasteiger charge is -2.46. The number of rotatable bonds is 8. The Kier molecular flexibility index (Phi) is 7.88. The van der Waals surface area contributed by atoms with E-state index >= 15 is 0 Å². The van der Waals surface area contributed by atoms with E-state index in [1.54, 1.807) is 6.92 Å². The summed E-state index contributed by atoms with van der Waals surface area (Å²) in [4.78, 5) is 17.2. The van der Waals surface area contributed by atoms with Crippen LogP contribution in [0.1, 0.15) is 79.3 Å². The number of esters is 1. The first-order chi connectivity index (χ1) is 18.5. The molecule has 7 nitrogen and oxygen atoms in total. The van der Waals surface area contributed by atoms with Gasteiger partial charge in [-0.3, -0.25) is 4.79 Å². The summed E-state index contributed by atoms with van der Waals surface area (Å²) in [6.07, 6.45) is -3.05. The first kappa shape index (κ1) is 29.7. The number of anilines is 2. The maximum absolute atomic E-state index is 12.6. The van der Waals surface area contributed by atoms with Crippen LogP contribution >= 0.6 is 0 Å². The van der Waals surface area contributed by atoms with Crippen LogP contribution in [-0.4, -0.2) is 39.7 Å². The molecular weight excluding hydrogens is 523 g/mol. The fourth-order valence-electron chi connectivity index (χ4n) is 5.74. The molecule has 218 valence electrons. The normalized spacial score (nSPS) is 17.6.